The van der Waals surface area contributed by atoms with Crippen molar-refractivity contribution >= 4 is 5.91 Å². The number of carbonyl (C=O) groups is 1. The third kappa shape index (κ3) is 40.3. The Bertz CT molecular complexity index is 1010. The van der Waals surface area contributed by atoms with Crippen LogP contribution in [0.25, 0.3) is 0 Å². The number of hydrogen-bond donors (Lipinski definition) is 3. The van der Waals surface area contributed by atoms with Crippen molar-refractivity contribution in [2.45, 2.75) is 199 Å². The predicted octanol–water partition coefficient (Wildman–Crippen LogP) is 13.8. The zero-order chi connectivity index (χ0) is 38.6. The molecule has 0 aliphatic heterocycles. The van der Waals surface area contributed by atoms with E-state index in [1.807, 2.05) is 6.08 Å². The molecule has 0 heterocycles. The van der Waals surface area contributed by atoms with E-state index in [0.717, 1.165) is 70.6 Å². The normalized spacial score (nSPS) is 14.0. The molecule has 2 unspecified atom stereocenters. The summed E-state index contributed by atoms with van der Waals surface area (Å²) >= 11 is 0. The van der Waals surface area contributed by atoms with E-state index in [2.05, 4.69) is 104 Å². The number of nitrogens with one attached hydrogen (secondary N) is 1. The van der Waals surface area contributed by atoms with Gasteiger partial charge in [0.2, 0.25) is 5.91 Å². The second-order valence-electron chi connectivity index (χ2n) is 14.4. The third-order valence-electron chi connectivity index (χ3n) is 9.30. The molecule has 0 spiro atoms. The first-order valence-electron chi connectivity index (χ1n) is 22.0. The van der Waals surface area contributed by atoms with Gasteiger partial charge in [0.25, 0.3) is 0 Å². The first kappa shape index (κ1) is 50.3. The monoisotopic (exact) mass is 734 g/mol. The topological polar surface area (TPSA) is 69.6 Å². The van der Waals surface area contributed by atoms with E-state index in [4.69, 9.17) is 0 Å². The molecule has 0 rings (SSSR count). The number of carbonyl (C=O) groups excluding carboxylic acids is 1. The molecule has 0 radical (unpaired) electrons. The first-order chi connectivity index (χ1) is 26.2. The van der Waals surface area contributed by atoms with Crippen molar-refractivity contribution < 1.29 is 15.0 Å². The largest absolute Gasteiger partial charge is 0.394 e. The average molecular weight is 734 g/mol. The van der Waals surface area contributed by atoms with E-state index in [9.17, 15) is 15.0 Å². The van der Waals surface area contributed by atoms with E-state index in [1.165, 1.54) is 96.3 Å². The van der Waals surface area contributed by atoms with E-state index < -0.39 is 12.1 Å². The summed E-state index contributed by atoms with van der Waals surface area (Å²) in [6, 6.07) is -0.641. The lowest BCUT2D eigenvalue weighted by Gasteiger charge is -2.19. The van der Waals surface area contributed by atoms with Gasteiger partial charge in [0, 0.05) is 6.42 Å². The van der Waals surface area contributed by atoms with Gasteiger partial charge in [0.05, 0.1) is 18.8 Å². The molecule has 4 heteroatoms. The molecule has 0 bridgehead atoms. The molecule has 0 aliphatic rings. The molecule has 3 N–H and O–H groups in total. The van der Waals surface area contributed by atoms with Crippen molar-refractivity contribution in [2.75, 3.05) is 6.61 Å². The molecule has 0 aromatic rings. The lowest BCUT2D eigenvalue weighted by molar-refractivity contribution is -0.123. The molecule has 0 aromatic heterocycles. The summed E-state index contributed by atoms with van der Waals surface area (Å²) in [7, 11) is 0. The summed E-state index contributed by atoms with van der Waals surface area (Å²) in [5.74, 6) is -0.0831. The Morgan fingerprint density at radius 2 is 0.849 bits per heavy atom. The van der Waals surface area contributed by atoms with Crippen molar-refractivity contribution in [3.63, 3.8) is 0 Å². The van der Waals surface area contributed by atoms with E-state index in [1.54, 1.807) is 6.08 Å². The highest BCUT2D eigenvalue weighted by Gasteiger charge is 2.17. The maximum Gasteiger partial charge on any atom is 0.220 e. The highest BCUT2D eigenvalue weighted by Crippen LogP contribution is 2.14. The first-order valence-corrected chi connectivity index (χ1v) is 22.0. The Hall–Kier alpha value is -2.69. The highest BCUT2D eigenvalue weighted by molar-refractivity contribution is 5.76. The summed E-state index contributed by atoms with van der Waals surface area (Å²) in [4.78, 5) is 12.3. The number of hydrogen-bond acceptors (Lipinski definition) is 3. The Morgan fingerprint density at radius 1 is 0.472 bits per heavy atom. The molecule has 4 nitrogen and oxygen atoms in total. The minimum Gasteiger partial charge on any atom is -0.394 e. The maximum atomic E-state index is 12.3. The van der Waals surface area contributed by atoms with Crippen LogP contribution < -0.4 is 5.32 Å². The molecule has 302 valence electrons. The summed E-state index contributed by atoms with van der Waals surface area (Å²) < 4.78 is 0. The molecule has 53 heavy (non-hydrogen) atoms. The van der Waals surface area contributed by atoms with Gasteiger partial charge in [-0.1, -0.05) is 201 Å². The van der Waals surface area contributed by atoms with Gasteiger partial charge < -0.3 is 15.5 Å². The summed E-state index contributed by atoms with van der Waals surface area (Å²) in [5, 5.41) is 22.8. The van der Waals surface area contributed by atoms with E-state index in [0.29, 0.717) is 6.42 Å². The van der Waals surface area contributed by atoms with E-state index in [-0.39, 0.29) is 12.5 Å². The van der Waals surface area contributed by atoms with E-state index >= 15 is 0 Å². The second kappa shape index (κ2) is 43.7. The van der Waals surface area contributed by atoms with Gasteiger partial charge in [-0.3, -0.25) is 4.79 Å². The van der Waals surface area contributed by atoms with Crippen LogP contribution in [0.5, 0.6) is 0 Å². The van der Waals surface area contributed by atoms with Gasteiger partial charge in [-0.05, 0) is 77.0 Å². The lowest BCUT2D eigenvalue weighted by atomic mass is 10.0. The van der Waals surface area contributed by atoms with Crippen molar-refractivity contribution in [1.82, 2.24) is 5.32 Å². The third-order valence-corrected chi connectivity index (χ3v) is 9.30. The van der Waals surface area contributed by atoms with Gasteiger partial charge in [0.15, 0.2) is 0 Å². The Balaban J connectivity index is 3.53. The lowest BCUT2D eigenvalue weighted by Crippen LogP contribution is -2.45. The molecule has 0 aromatic carbocycles. The molecule has 0 saturated carbocycles. The van der Waals surface area contributed by atoms with Crippen molar-refractivity contribution in [3.8, 4) is 0 Å². The van der Waals surface area contributed by atoms with Crippen molar-refractivity contribution in [3.05, 3.63) is 97.2 Å². The van der Waals surface area contributed by atoms with Crippen LogP contribution in [0, 0.1) is 0 Å². The zero-order valence-electron chi connectivity index (χ0n) is 34.5. The van der Waals surface area contributed by atoms with Crippen LogP contribution >= 0.6 is 0 Å². The molecular formula is C49H83NO3. The van der Waals surface area contributed by atoms with Crippen molar-refractivity contribution in [2.24, 2.45) is 0 Å². The molecule has 2 atom stereocenters. The van der Waals surface area contributed by atoms with Gasteiger partial charge in [-0.25, -0.2) is 0 Å². The molecule has 0 saturated heterocycles. The van der Waals surface area contributed by atoms with Gasteiger partial charge in [0.1, 0.15) is 0 Å². The number of aliphatic hydroxyl groups excluding tert-OH is 2. The fraction of sp³-hybridized carbons (Fsp3) is 0.653. The molecule has 0 aliphatic carbocycles. The predicted molar refractivity (Wildman–Crippen MR) is 234 cm³/mol. The smallest absolute Gasteiger partial charge is 0.220 e. The maximum absolute atomic E-state index is 12.3. The molecular weight excluding hydrogens is 651 g/mol. The number of aliphatic hydroxyl groups is 2. The second-order valence-corrected chi connectivity index (χ2v) is 14.4. The standard InChI is InChI=1S/C49H83NO3/c1-3-5-7-9-11-13-14-15-16-17-18-19-20-21-22-23-24-25-26-27-28-29-30-31-32-33-34-35-36-37-39-41-43-45-49(53)50-47(46-51)48(52)44-42-40-38-12-10-8-6-4-2/h5,7,10-13,15-16,18-19,21-22,24-25,42,44,47-48,51-52H,3-4,6,8-9,14,17,20,23,26-41,43,45-46H2,1-2H3,(H,50,53)/b7-5-,12-10+,13-11-,16-15-,19-18-,22-21-,25-24-,44-42+. The molecule has 0 fully saturated rings. The van der Waals surface area contributed by atoms with Crippen LogP contribution in [0.2, 0.25) is 0 Å². The van der Waals surface area contributed by atoms with Gasteiger partial charge in [-0.15, -0.1) is 0 Å². The van der Waals surface area contributed by atoms with Crippen LogP contribution in [-0.2, 0) is 4.79 Å². The zero-order valence-corrected chi connectivity index (χ0v) is 34.5. The number of amides is 1. The number of allylic oxidation sites excluding steroid dienone is 15. The Morgan fingerprint density at radius 3 is 1.32 bits per heavy atom. The fourth-order valence-electron chi connectivity index (χ4n) is 5.95. The highest BCUT2D eigenvalue weighted by atomic mass is 16.3. The fourth-order valence-corrected chi connectivity index (χ4v) is 5.95. The number of rotatable bonds is 38. The van der Waals surface area contributed by atoms with Gasteiger partial charge >= 0.3 is 0 Å². The van der Waals surface area contributed by atoms with Crippen LogP contribution in [0.15, 0.2) is 97.2 Å². The quantitative estimate of drug-likeness (QED) is 0.0437. The average Bonchev–Trinajstić information content (AvgIpc) is 3.16. The Kier molecular flexibility index (Phi) is 41.5. The minimum absolute atomic E-state index is 0.0831. The Labute approximate surface area is 328 Å². The van der Waals surface area contributed by atoms with Crippen LogP contribution in [0.3, 0.4) is 0 Å². The summed E-state index contributed by atoms with van der Waals surface area (Å²) in [5.41, 5.74) is 0. The van der Waals surface area contributed by atoms with Crippen LogP contribution in [-0.4, -0.2) is 34.9 Å². The van der Waals surface area contributed by atoms with Gasteiger partial charge in [-0.2, -0.15) is 0 Å². The SMILES string of the molecule is CC/C=C\C/C=C\C/C=C\C/C=C\C/C=C\C/C=C\CCCCCCCCCCCCCCCCC(=O)NC(CO)C(O)/C=C/CC/C=C/CCCC. The van der Waals surface area contributed by atoms with Crippen LogP contribution in [0.4, 0.5) is 0 Å². The summed E-state index contributed by atoms with van der Waals surface area (Å²) in [6.07, 6.45) is 65.4. The molecule has 1 amide bonds. The summed E-state index contributed by atoms with van der Waals surface area (Å²) in [6.45, 7) is 4.09. The van der Waals surface area contributed by atoms with Crippen molar-refractivity contribution in [1.29, 1.82) is 0 Å². The number of unbranched alkanes of at least 4 members (excludes halogenated alkanes) is 17. The van der Waals surface area contributed by atoms with Crippen LogP contribution in [0.1, 0.15) is 187 Å². The minimum atomic E-state index is -0.863.